The van der Waals surface area contributed by atoms with E-state index in [0.717, 1.165) is 25.7 Å². The number of hydrogen-bond acceptors (Lipinski definition) is 2. The standard InChI is InChI=1S/C11H11ClF3IN2/c12-10-8(16)9(6-3-1-2-4-6)17-7(18-10)5-11(13,14)15/h6H,1-5H2. The summed E-state index contributed by atoms with van der Waals surface area (Å²) in [5.74, 6) is -0.000741. The molecule has 0 unspecified atom stereocenters. The van der Waals surface area contributed by atoms with Crippen molar-refractivity contribution in [2.45, 2.75) is 44.2 Å². The molecule has 0 atom stereocenters. The topological polar surface area (TPSA) is 25.8 Å². The van der Waals surface area contributed by atoms with Gasteiger partial charge in [-0.1, -0.05) is 24.4 Å². The molecule has 2 rings (SSSR count). The number of alkyl halides is 3. The van der Waals surface area contributed by atoms with E-state index < -0.39 is 12.6 Å². The number of nitrogens with zero attached hydrogens (tertiary/aromatic N) is 2. The van der Waals surface area contributed by atoms with Gasteiger partial charge in [0.25, 0.3) is 0 Å². The van der Waals surface area contributed by atoms with Gasteiger partial charge in [0.05, 0.1) is 9.26 Å². The molecule has 18 heavy (non-hydrogen) atoms. The summed E-state index contributed by atoms with van der Waals surface area (Å²) in [4.78, 5) is 7.79. The highest BCUT2D eigenvalue weighted by molar-refractivity contribution is 14.1. The molecule has 1 aliphatic rings. The smallest absolute Gasteiger partial charge is 0.236 e. The minimum atomic E-state index is -4.30. The van der Waals surface area contributed by atoms with Gasteiger partial charge in [-0.3, -0.25) is 0 Å². The van der Waals surface area contributed by atoms with E-state index in [1.54, 1.807) is 0 Å². The fourth-order valence-electron chi connectivity index (χ4n) is 2.21. The quantitative estimate of drug-likeness (QED) is 0.549. The van der Waals surface area contributed by atoms with Crippen LogP contribution >= 0.6 is 34.2 Å². The Hall–Kier alpha value is -0.110. The molecule has 2 nitrogen and oxygen atoms in total. The van der Waals surface area contributed by atoms with Crippen molar-refractivity contribution in [3.05, 3.63) is 20.2 Å². The van der Waals surface area contributed by atoms with Crippen LogP contribution in [0.3, 0.4) is 0 Å². The van der Waals surface area contributed by atoms with Gasteiger partial charge < -0.3 is 0 Å². The minimum absolute atomic E-state index is 0.131. The molecule has 0 aromatic carbocycles. The summed E-state index contributed by atoms with van der Waals surface area (Å²) in [6.45, 7) is 0. The van der Waals surface area contributed by atoms with Crippen molar-refractivity contribution in [2.75, 3.05) is 0 Å². The lowest BCUT2D eigenvalue weighted by Gasteiger charge is -2.14. The van der Waals surface area contributed by atoms with Gasteiger partial charge in [0.15, 0.2) is 0 Å². The van der Waals surface area contributed by atoms with Crippen molar-refractivity contribution in [3.63, 3.8) is 0 Å². The monoisotopic (exact) mass is 390 g/mol. The fraction of sp³-hybridized carbons (Fsp3) is 0.636. The van der Waals surface area contributed by atoms with E-state index in [9.17, 15) is 13.2 Å². The maximum absolute atomic E-state index is 12.4. The van der Waals surface area contributed by atoms with Crippen molar-refractivity contribution in [2.24, 2.45) is 0 Å². The molecule has 100 valence electrons. The Labute approximate surface area is 121 Å². The summed E-state index contributed by atoms with van der Waals surface area (Å²) >= 11 is 7.91. The molecule has 0 bridgehead atoms. The van der Waals surface area contributed by atoms with E-state index in [-0.39, 0.29) is 16.9 Å². The first-order chi connectivity index (χ1) is 8.37. The summed E-state index contributed by atoms with van der Waals surface area (Å²) in [7, 11) is 0. The third-order valence-electron chi connectivity index (χ3n) is 2.98. The highest BCUT2D eigenvalue weighted by atomic mass is 127. The molecule has 1 aliphatic carbocycles. The van der Waals surface area contributed by atoms with Gasteiger partial charge in [0.2, 0.25) is 0 Å². The zero-order chi connectivity index (χ0) is 13.3. The lowest BCUT2D eigenvalue weighted by Crippen LogP contribution is -2.16. The van der Waals surface area contributed by atoms with E-state index >= 15 is 0 Å². The summed E-state index contributed by atoms with van der Waals surface area (Å²) in [5, 5.41) is 0.131. The van der Waals surface area contributed by atoms with Gasteiger partial charge in [-0.15, -0.1) is 0 Å². The predicted molar refractivity (Wildman–Crippen MR) is 70.7 cm³/mol. The lowest BCUT2D eigenvalue weighted by atomic mass is 10.0. The Morgan fingerprint density at radius 3 is 2.39 bits per heavy atom. The predicted octanol–water partition coefficient (Wildman–Crippen LogP) is 4.50. The van der Waals surface area contributed by atoms with Gasteiger partial charge in [-0.2, -0.15) is 13.2 Å². The molecule has 0 spiro atoms. The molecule has 1 aromatic rings. The van der Waals surface area contributed by atoms with Crippen LogP contribution in [0.1, 0.15) is 43.1 Å². The van der Waals surface area contributed by atoms with E-state index in [4.69, 9.17) is 11.6 Å². The molecule has 0 N–H and O–H groups in total. The minimum Gasteiger partial charge on any atom is -0.236 e. The van der Waals surface area contributed by atoms with E-state index in [2.05, 4.69) is 9.97 Å². The largest absolute Gasteiger partial charge is 0.396 e. The summed E-state index contributed by atoms with van der Waals surface area (Å²) in [5.41, 5.74) is 0.687. The Balaban J connectivity index is 2.33. The molecular formula is C11H11ClF3IN2. The first-order valence-electron chi connectivity index (χ1n) is 5.65. The van der Waals surface area contributed by atoms with Gasteiger partial charge in [-0.05, 0) is 35.4 Å². The van der Waals surface area contributed by atoms with Crippen molar-refractivity contribution in [1.29, 1.82) is 0 Å². The highest BCUT2D eigenvalue weighted by Crippen LogP contribution is 2.37. The number of aromatic nitrogens is 2. The van der Waals surface area contributed by atoms with E-state index in [1.165, 1.54) is 0 Å². The maximum Gasteiger partial charge on any atom is 0.396 e. The molecule has 1 fully saturated rings. The zero-order valence-corrected chi connectivity index (χ0v) is 12.3. The molecule has 1 saturated carbocycles. The molecule has 0 aliphatic heterocycles. The second-order valence-corrected chi connectivity index (χ2v) is 5.84. The molecular weight excluding hydrogens is 379 g/mol. The third kappa shape index (κ3) is 3.46. The number of halogens is 5. The van der Waals surface area contributed by atoms with Crippen LogP contribution in [0, 0.1) is 3.57 Å². The van der Waals surface area contributed by atoms with Gasteiger partial charge >= 0.3 is 6.18 Å². The Morgan fingerprint density at radius 1 is 1.22 bits per heavy atom. The van der Waals surface area contributed by atoms with Crippen LogP contribution < -0.4 is 0 Å². The van der Waals surface area contributed by atoms with Crippen LogP contribution in [0.2, 0.25) is 5.15 Å². The molecule has 0 saturated heterocycles. The van der Waals surface area contributed by atoms with Crippen LogP contribution in [0.25, 0.3) is 0 Å². The SMILES string of the molecule is FC(F)(F)Cc1nc(Cl)c(I)c(C2CCCC2)n1. The molecule has 0 radical (unpaired) electrons. The summed E-state index contributed by atoms with van der Waals surface area (Å²) in [6.07, 6.45) is -1.30. The van der Waals surface area contributed by atoms with Crippen molar-refractivity contribution in [1.82, 2.24) is 9.97 Å². The first kappa shape index (κ1) is 14.3. The first-order valence-corrected chi connectivity index (χ1v) is 7.11. The van der Waals surface area contributed by atoms with Crippen molar-refractivity contribution < 1.29 is 13.2 Å². The number of hydrogen-bond donors (Lipinski definition) is 0. The second-order valence-electron chi connectivity index (χ2n) is 4.40. The normalized spacial score (nSPS) is 17.4. The van der Waals surface area contributed by atoms with Gasteiger partial charge in [0.1, 0.15) is 17.4 Å². The average molecular weight is 391 g/mol. The molecule has 1 aromatic heterocycles. The maximum atomic E-state index is 12.4. The second kappa shape index (κ2) is 5.48. The Kier molecular flexibility index (Phi) is 4.36. The summed E-state index contributed by atoms with van der Waals surface area (Å²) < 4.78 is 37.8. The zero-order valence-electron chi connectivity index (χ0n) is 9.40. The van der Waals surface area contributed by atoms with Crippen molar-refractivity contribution in [3.8, 4) is 0 Å². The van der Waals surface area contributed by atoms with Gasteiger partial charge in [-0.25, -0.2) is 9.97 Å². The van der Waals surface area contributed by atoms with Crippen LogP contribution in [0.15, 0.2) is 0 Å². The van der Waals surface area contributed by atoms with Gasteiger partial charge in [0, 0.05) is 5.92 Å². The van der Waals surface area contributed by atoms with E-state index in [1.807, 2.05) is 22.6 Å². The van der Waals surface area contributed by atoms with Crippen LogP contribution in [0.4, 0.5) is 13.2 Å². The molecule has 7 heteroatoms. The number of rotatable bonds is 2. The third-order valence-corrected chi connectivity index (χ3v) is 4.64. The Morgan fingerprint density at radius 2 is 1.83 bits per heavy atom. The van der Waals surface area contributed by atoms with Crippen LogP contribution in [0.5, 0.6) is 0 Å². The summed E-state index contributed by atoms with van der Waals surface area (Å²) in [6, 6.07) is 0. The highest BCUT2D eigenvalue weighted by Gasteiger charge is 2.31. The van der Waals surface area contributed by atoms with Crippen LogP contribution in [-0.2, 0) is 6.42 Å². The van der Waals surface area contributed by atoms with E-state index in [0.29, 0.717) is 9.26 Å². The average Bonchev–Trinajstić information content (AvgIpc) is 2.74. The van der Waals surface area contributed by atoms with Crippen LogP contribution in [-0.4, -0.2) is 16.1 Å². The Bertz CT molecular complexity index is 445. The molecule has 0 amide bonds. The van der Waals surface area contributed by atoms with Crippen molar-refractivity contribution >= 4 is 34.2 Å². The molecule has 1 heterocycles. The lowest BCUT2D eigenvalue weighted by molar-refractivity contribution is -0.128. The fourth-order valence-corrected chi connectivity index (χ4v) is 3.09.